The molecule has 1 amide bonds. The molecule has 21 heavy (non-hydrogen) atoms. The highest BCUT2D eigenvalue weighted by Gasteiger charge is 2.21. The van der Waals surface area contributed by atoms with Crippen molar-refractivity contribution in [2.24, 2.45) is 0 Å². The SMILES string of the molecule is CC(C)Oc1ccc(C(C)NC(=O)[C@@H]2CCCCN2)cc1. The van der Waals surface area contributed by atoms with Gasteiger partial charge in [-0.15, -0.1) is 0 Å². The van der Waals surface area contributed by atoms with Crippen molar-refractivity contribution in [3.05, 3.63) is 29.8 Å². The highest BCUT2D eigenvalue weighted by Crippen LogP contribution is 2.19. The molecule has 1 aromatic carbocycles. The topological polar surface area (TPSA) is 50.4 Å². The van der Waals surface area contributed by atoms with Crippen molar-refractivity contribution in [1.29, 1.82) is 0 Å². The normalized spacial score (nSPS) is 20.1. The number of piperidine rings is 1. The molecule has 1 aliphatic rings. The van der Waals surface area contributed by atoms with Crippen LogP contribution < -0.4 is 15.4 Å². The maximum Gasteiger partial charge on any atom is 0.237 e. The van der Waals surface area contributed by atoms with Crippen LogP contribution in [0.15, 0.2) is 24.3 Å². The van der Waals surface area contributed by atoms with Gasteiger partial charge in [-0.3, -0.25) is 4.79 Å². The predicted octanol–water partition coefficient (Wildman–Crippen LogP) is 2.79. The number of carbonyl (C=O) groups is 1. The first-order valence-electron chi connectivity index (χ1n) is 7.86. The van der Waals surface area contributed by atoms with Gasteiger partial charge in [0.25, 0.3) is 0 Å². The smallest absolute Gasteiger partial charge is 0.237 e. The van der Waals surface area contributed by atoms with Crippen LogP contribution in [0, 0.1) is 0 Å². The van der Waals surface area contributed by atoms with Crippen LogP contribution in [0.2, 0.25) is 0 Å². The molecule has 0 bridgehead atoms. The Kier molecular flexibility index (Phi) is 5.62. The second-order valence-electron chi connectivity index (χ2n) is 5.97. The fraction of sp³-hybridized carbons (Fsp3) is 0.588. The molecular formula is C17H26N2O2. The van der Waals surface area contributed by atoms with E-state index < -0.39 is 0 Å². The zero-order valence-corrected chi connectivity index (χ0v) is 13.2. The van der Waals surface area contributed by atoms with E-state index in [1.54, 1.807) is 0 Å². The molecule has 1 aliphatic heterocycles. The Labute approximate surface area is 127 Å². The van der Waals surface area contributed by atoms with Crippen molar-refractivity contribution in [2.45, 2.75) is 58.2 Å². The van der Waals surface area contributed by atoms with Crippen LogP contribution in [-0.2, 0) is 4.79 Å². The van der Waals surface area contributed by atoms with E-state index in [0.717, 1.165) is 37.1 Å². The van der Waals surface area contributed by atoms with Crippen LogP contribution in [0.25, 0.3) is 0 Å². The number of amides is 1. The van der Waals surface area contributed by atoms with Gasteiger partial charge in [-0.2, -0.15) is 0 Å². The van der Waals surface area contributed by atoms with Crippen LogP contribution >= 0.6 is 0 Å². The highest BCUT2D eigenvalue weighted by atomic mass is 16.5. The summed E-state index contributed by atoms with van der Waals surface area (Å²) in [6.45, 7) is 6.97. The number of ether oxygens (including phenoxy) is 1. The molecule has 1 aromatic rings. The largest absolute Gasteiger partial charge is 0.491 e. The first-order valence-corrected chi connectivity index (χ1v) is 7.86. The number of carbonyl (C=O) groups excluding carboxylic acids is 1. The van der Waals surface area contributed by atoms with E-state index in [9.17, 15) is 4.79 Å². The minimum Gasteiger partial charge on any atom is -0.491 e. The Morgan fingerprint density at radius 1 is 1.24 bits per heavy atom. The maximum atomic E-state index is 12.2. The molecule has 2 N–H and O–H groups in total. The lowest BCUT2D eigenvalue weighted by Crippen LogP contribution is -2.47. The molecular weight excluding hydrogens is 264 g/mol. The molecule has 1 unspecified atom stereocenters. The predicted molar refractivity (Wildman–Crippen MR) is 84.4 cm³/mol. The third-order valence-electron chi connectivity index (χ3n) is 3.74. The lowest BCUT2D eigenvalue weighted by atomic mass is 10.0. The van der Waals surface area contributed by atoms with E-state index in [1.165, 1.54) is 0 Å². The first-order chi connectivity index (χ1) is 10.1. The van der Waals surface area contributed by atoms with Gasteiger partial charge in [-0.1, -0.05) is 18.6 Å². The molecule has 2 rings (SSSR count). The molecule has 116 valence electrons. The lowest BCUT2D eigenvalue weighted by Gasteiger charge is -2.24. The Hall–Kier alpha value is -1.55. The van der Waals surface area contributed by atoms with Crippen molar-refractivity contribution >= 4 is 5.91 Å². The maximum absolute atomic E-state index is 12.2. The van der Waals surface area contributed by atoms with E-state index >= 15 is 0 Å². The quantitative estimate of drug-likeness (QED) is 0.876. The van der Waals surface area contributed by atoms with Crippen molar-refractivity contribution in [3.8, 4) is 5.75 Å². The summed E-state index contributed by atoms with van der Waals surface area (Å²) in [6, 6.07) is 7.90. The zero-order chi connectivity index (χ0) is 15.2. The molecule has 1 fully saturated rings. The summed E-state index contributed by atoms with van der Waals surface area (Å²) in [5.41, 5.74) is 1.09. The van der Waals surface area contributed by atoms with Gasteiger partial charge in [0, 0.05) is 0 Å². The van der Waals surface area contributed by atoms with Crippen molar-refractivity contribution < 1.29 is 9.53 Å². The highest BCUT2D eigenvalue weighted by molar-refractivity contribution is 5.82. The van der Waals surface area contributed by atoms with Gasteiger partial charge in [-0.05, 0) is 57.9 Å². The van der Waals surface area contributed by atoms with Crippen LogP contribution in [0.1, 0.15) is 51.6 Å². The van der Waals surface area contributed by atoms with E-state index in [4.69, 9.17) is 4.74 Å². The Morgan fingerprint density at radius 3 is 2.52 bits per heavy atom. The molecule has 2 atom stereocenters. The number of hydrogen-bond donors (Lipinski definition) is 2. The number of benzene rings is 1. The number of hydrogen-bond acceptors (Lipinski definition) is 3. The molecule has 0 aromatic heterocycles. The van der Waals surface area contributed by atoms with E-state index in [2.05, 4.69) is 10.6 Å². The molecule has 1 heterocycles. The summed E-state index contributed by atoms with van der Waals surface area (Å²) < 4.78 is 5.63. The monoisotopic (exact) mass is 290 g/mol. The number of nitrogens with one attached hydrogen (secondary N) is 2. The minimum absolute atomic E-state index is 0.00864. The minimum atomic E-state index is -0.0373. The standard InChI is InChI=1S/C17H26N2O2/c1-12(2)21-15-9-7-14(8-10-15)13(3)19-17(20)16-6-4-5-11-18-16/h7-10,12-13,16,18H,4-6,11H2,1-3H3,(H,19,20)/t13?,16-/m0/s1. The summed E-state index contributed by atoms with van der Waals surface area (Å²) in [5, 5.41) is 6.36. The van der Waals surface area contributed by atoms with Gasteiger partial charge in [-0.25, -0.2) is 0 Å². The third-order valence-corrected chi connectivity index (χ3v) is 3.74. The van der Waals surface area contributed by atoms with Crippen molar-refractivity contribution in [1.82, 2.24) is 10.6 Å². The van der Waals surface area contributed by atoms with Crippen LogP contribution in [0.4, 0.5) is 0 Å². The summed E-state index contributed by atoms with van der Waals surface area (Å²) >= 11 is 0. The second kappa shape index (κ2) is 7.46. The number of rotatable bonds is 5. The van der Waals surface area contributed by atoms with E-state index in [1.807, 2.05) is 45.0 Å². The Bertz CT molecular complexity index is 450. The van der Waals surface area contributed by atoms with Gasteiger partial charge in [0.15, 0.2) is 0 Å². The molecule has 0 radical (unpaired) electrons. The third kappa shape index (κ3) is 4.74. The van der Waals surface area contributed by atoms with Gasteiger partial charge in [0.05, 0.1) is 18.2 Å². The molecule has 0 spiro atoms. The van der Waals surface area contributed by atoms with Crippen LogP contribution in [-0.4, -0.2) is 24.6 Å². The molecule has 1 saturated heterocycles. The molecule has 0 aliphatic carbocycles. The zero-order valence-electron chi connectivity index (χ0n) is 13.2. The molecule has 4 nitrogen and oxygen atoms in total. The van der Waals surface area contributed by atoms with E-state index in [-0.39, 0.29) is 24.1 Å². The summed E-state index contributed by atoms with van der Waals surface area (Å²) in [7, 11) is 0. The average molecular weight is 290 g/mol. The molecule has 4 heteroatoms. The van der Waals surface area contributed by atoms with Crippen molar-refractivity contribution in [2.75, 3.05) is 6.54 Å². The lowest BCUT2D eigenvalue weighted by molar-refractivity contribution is -0.124. The first kappa shape index (κ1) is 15.8. The molecule has 0 saturated carbocycles. The fourth-order valence-corrected chi connectivity index (χ4v) is 2.58. The summed E-state index contributed by atoms with van der Waals surface area (Å²) in [6.07, 6.45) is 3.39. The van der Waals surface area contributed by atoms with E-state index in [0.29, 0.717) is 0 Å². The van der Waals surface area contributed by atoms with Gasteiger partial charge >= 0.3 is 0 Å². The Balaban J connectivity index is 1.90. The van der Waals surface area contributed by atoms with Crippen LogP contribution in [0.3, 0.4) is 0 Å². The van der Waals surface area contributed by atoms with Gasteiger partial charge in [0.2, 0.25) is 5.91 Å². The van der Waals surface area contributed by atoms with Gasteiger partial charge in [0.1, 0.15) is 5.75 Å². The Morgan fingerprint density at radius 2 is 1.95 bits per heavy atom. The summed E-state index contributed by atoms with van der Waals surface area (Å²) in [4.78, 5) is 12.2. The fourth-order valence-electron chi connectivity index (χ4n) is 2.58. The van der Waals surface area contributed by atoms with Crippen molar-refractivity contribution in [3.63, 3.8) is 0 Å². The summed E-state index contributed by atoms with van der Waals surface area (Å²) in [5.74, 6) is 0.964. The second-order valence-corrected chi connectivity index (χ2v) is 5.97. The van der Waals surface area contributed by atoms with Crippen LogP contribution in [0.5, 0.6) is 5.75 Å². The average Bonchev–Trinajstić information content (AvgIpc) is 2.48. The van der Waals surface area contributed by atoms with Gasteiger partial charge < -0.3 is 15.4 Å².